The first-order valence-electron chi connectivity index (χ1n) is 7.92. The molecule has 0 atom stereocenters. The summed E-state index contributed by atoms with van der Waals surface area (Å²) in [5.41, 5.74) is 1.65. The molecule has 3 aromatic rings. The Morgan fingerprint density at radius 1 is 1.19 bits per heavy atom. The second-order valence-electron chi connectivity index (χ2n) is 5.75. The molecule has 1 aromatic heterocycles. The number of carbonyl (C=O) groups is 1. The minimum Gasteiger partial charge on any atom is -0.406 e. The van der Waals surface area contributed by atoms with E-state index >= 15 is 0 Å². The fourth-order valence-corrected chi connectivity index (χ4v) is 2.45. The van der Waals surface area contributed by atoms with E-state index in [2.05, 4.69) is 25.2 Å². The molecule has 6 nitrogen and oxygen atoms in total. The molecule has 9 heteroatoms. The summed E-state index contributed by atoms with van der Waals surface area (Å²) >= 11 is 0. The molecule has 2 N–H and O–H groups in total. The number of anilines is 1. The molecule has 3 rings (SSSR count). The SMILES string of the molecule is Cc1nc(-c2cccc(NC(=O)Cc3cccc(OC(F)(F)F)c3)c2)n[nH]1. The van der Waals surface area contributed by atoms with Crippen LogP contribution in [0.25, 0.3) is 11.4 Å². The van der Waals surface area contributed by atoms with Crippen LogP contribution in [0.5, 0.6) is 5.75 Å². The normalized spacial score (nSPS) is 11.3. The summed E-state index contributed by atoms with van der Waals surface area (Å²) in [4.78, 5) is 16.4. The molecule has 0 spiro atoms. The maximum atomic E-state index is 12.3. The third kappa shape index (κ3) is 5.30. The number of carbonyl (C=O) groups excluding carboxylic acids is 1. The van der Waals surface area contributed by atoms with Crippen molar-refractivity contribution in [1.82, 2.24) is 15.2 Å². The van der Waals surface area contributed by atoms with E-state index in [1.807, 2.05) is 0 Å². The third-order valence-electron chi connectivity index (χ3n) is 3.50. The van der Waals surface area contributed by atoms with E-state index in [1.54, 1.807) is 37.3 Å². The van der Waals surface area contributed by atoms with Gasteiger partial charge < -0.3 is 10.1 Å². The van der Waals surface area contributed by atoms with Crippen molar-refractivity contribution in [3.05, 3.63) is 59.9 Å². The van der Waals surface area contributed by atoms with Crippen molar-refractivity contribution in [3.8, 4) is 17.1 Å². The van der Waals surface area contributed by atoms with Crippen molar-refractivity contribution in [2.45, 2.75) is 19.7 Å². The number of benzene rings is 2. The van der Waals surface area contributed by atoms with E-state index < -0.39 is 6.36 Å². The Morgan fingerprint density at radius 3 is 2.67 bits per heavy atom. The number of hydrogen-bond acceptors (Lipinski definition) is 4. The third-order valence-corrected chi connectivity index (χ3v) is 3.50. The highest BCUT2D eigenvalue weighted by atomic mass is 19.4. The number of hydrogen-bond donors (Lipinski definition) is 2. The van der Waals surface area contributed by atoms with Crippen LogP contribution < -0.4 is 10.1 Å². The van der Waals surface area contributed by atoms with Gasteiger partial charge in [0.05, 0.1) is 6.42 Å². The summed E-state index contributed by atoms with van der Waals surface area (Å²) in [7, 11) is 0. The van der Waals surface area contributed by atoms with Crippen molar-refractivity contribution >= 4 is 11.6 Å². The number of aromatic nitrogens is 3. The van der Waals surface area contributed by atoms with E-state index in [4.69, 9.17) is 0 Å². The number of H-pyrrole nitrogens is 1. The summed E-state index contributed by atoms with van der Waals surface area (Å²) < 4.78 is 40.7. The van der Waals surface area contributed by atoms with Gasteiger partial charge in [-0.15, -0.1) is 13.2 Å². The van der Waals surface area contributed by atoms with Gasteiger partial charge in [0.15, 0.2) is 5.82 Å². The molecular weight excluding hydrogens is 361 g/mol. The first kappa shape index (κ1) is 18.4. The summed E-state index contributed by atoms with van der Waals surface area (Å²) in [5.74, 6) is 0.429. The lowest BCUT2D eigenvalue weighted by molar-refractivity contribution is -0.274. The predicted molar refractivity (Wildman–Crippen MR) is 92.0 cm³/mol. The zero-order valence-electron chi connectivity index (χ0n) is 14.2. The van der Waals surface area contributed by atoms with Crippen molar-refractivity contribution in [1.29, 1.82) is 0 Å². The molecule has 0 aliphatic rings. The van der Waals surface area contributed by atoms with Gasteiger partial charge in [0.2, 0.25) is 5.91 Å². The topological polar surface area (TPSA) is 79.9 Å². The van der Waals surface area contributed by atoms with Crippen LogP contribution >= 0.6 is 0 Å². The number of ether oxygens (including phenoxy) is 1. The molecule has 0 saturated carbocycles. The average Bonchev–Trinajstić information content (AvgIpc) is 3.00. The highest BCUT2D eigenvalue weighted by Gasteiger charge is 2.31. The first-order valence-corrected chi connectivity index (χ1v) is 7.92. The van der Waals surface area contributed by atoms with Crippen LogP contribution in [0.3, 0.4) is 0 Å². The lowest BCUT2D eigenvalue weighted by atomic mass is 10.1. The number of amides is 1. The molecule has 140 valence electrons. The summed E-state index contributed by atoms with van der Waals surface area (Å²) in [6.07, 6.45) is -4.88. The molecule has 1 amide bonds. The Balaban J connectivity index is 1.67. The molecule has 0 saturated heterocycles. The monoisotopic (exact) mass is 376 g/mol. The number of nitrogens with one attached hydrogen (secondary N) is 2. The number of aromatic amines is 1. The number of nitrogens with zero attached hydrogens (tertiary/aromatic N) is 2. The van der Waals surface area contributed by atoms with Crippen molar-refractivity contribution in [2.75, 3.05) is 5.32 Å². The van der Waals surface area contributed by atoms with Gasteiger partial charge in [0.25, 0.3) is 0 Å². The van der Waals surface area contributed by atoms with Gasteiger partial charge in [-0.05, 0) is 36.8 Å². The van der Waals surface area contributed by atoms with Gasteiger partial charge in [-0.25, -0.2) is 4.98 Å². The summed E-state index contributed by atoms with van der Waals surface area (Å²) in [6, 6.07) is 12.3. The van der Waals surface area contributed by atoms with E-state index in [9.17, 15) is 18.0 Å². The van der Waals surface area contributed by atoms with Gasteiger partial charge in [-0.2, -0.15) is 5.10 Å². The number of rotatable bonds is 5. The second kappa shape index (κ2) is 7.48. The molecule has 0 fully saturated rings. The maximum Gasteiger partial charge on any atom is 0.573 e. The molecule has 2 aromatic carbocycles. The fourth-order valence-electron chi connectivity index (χ4n) is 2.45. The molecule has 0 radical (unpaired) electrons. The largest absolute Gasteiger partial charge is 0.573 e. The Hall–Kier alpha value is -3.36. The standard InChI is InChI=1S/C18H15F3N4O2/c1-11-22-17(25-24-11)13-5-3-6-14(10-13)23-16(26)9-12-4-2-7-15(8-12)27-18(19,20)21/h2-8,10H,9H2,1H3,(H,23,26)(H,22,24,25). The van der Waals surface area contributed by atoms with Crippen molar-refractivity contribution in [3.63, 3.8) is 0 Å². The highest BCUT2D eigenvalue weighted by Crippen LogP contribution is 2.24. The van der Waals surface area contributed by atoms with Gasteiger partial charge in [-0.1, -0.05) is 24.3 Å². The Kier molecular flexibility index (Phi) is 5.11. The van der Waals surface area contributed by atoms with Gasteiger partial charge in [0.1, 0.15) is 11.6 Å². The van der Waals surface area contributed by atoms with E-state index in [0.29, 0.717) is 22.9 Å². The molecule has 0 aliphatic heterocycles. The highest BCUT2D eigenvalue weighted by molar-refractivity contribution is 5.92. The van der Waals surface area contributed by atoms with Crippen LogP contribution in [0.15, 0.2) is 48.5 Å². The van der Waals surface area contributed by atoms with Crippen molar-refractivity contribution in [2.24, 2.45) is 0 Å². The summed E-state index contributed by atoms with van der Waals surface area (Å²) in [6.45, 7) is 1.78. The zero-order valence-corrected chi connectivity index (χ0v) is 14.2. The van der Waals surface area contributed by atoms with Crippen LogP contribution in [-0.2, 0) is 11.2 Å². The Bertz CT molecular complexity index is 954. The van der Waals surface area contributed by atoms with Gasteiger partial charge >= 0.3 is 6.36 Å². The minimum atomic E-state index is -4.78. The molecule has 27 heavy (non-hydrogen) atoms. The van der Waals surface area contributed by atoms with Crippen molar-refractivity contribution < 1.29 is 22.7 Å². The second-order valence-corrected chi connectivity index (χ2v) is 5.75. The van der Waals surface area contributed by atoms with Gasteiger partial charge in [0, 0.05) is 11.3 Å². The van der Waals surface area contributed by atoms with E-state index in [-0.39, 0.29) is 18.1 Å². The smallest absolute Gasteiger partial charge is 0.406 e. The summed E-state index contributed by atoms with van der Waals surface area (Å²) in [5, 5.41) is 9.51. The molecule has 1 heterocycles. The lowest BCUT2D eigenvalue weighted by Crippen LogP contribution is -2.18. The lowest BCUT2D eigenvalue weighted by Gasteiger charge is -2.10. The number of alkyl halides is 3. The van der Waals surface area contributed by atoms with E-state index in [0.717, 1.165) is 5.56 Å². The zero-order chi connectivity index (χ0) is 19.4. The molecule has 0 bridgehead atoms. The van der Waals surface area contributed by atoms with Crippen LogP contribution in [0, 0.1) is 6.92 Å². The van der Waals surface area contributed by atoms with Gasteiger partial charge in [-0.3, -0.25) is 9.89 Å². The van der Waals surface area contributed by atoms with Crippen LogP contribution in [0.2, 0.25) is 0 Å². The van der Waals surface area contributed by atoms with Crippen LogP contribution in [-0.4, -0.2) is 27.5 Å². The predicted octanol–water partition coefficient (Wildman–Crippen LogP) is 3.86. The minimum absolute atomic E-state index is 0.0982. The van der Waals surface area contributed by atoms with E-state index in [1.165, 1.54) is 18.2 Å². The fraction of sp³-hybridized carbons (Fsp3) is 0.167. The Morgan fingerprint density at radius 2 is 1.96 bits per heavy atom. The quantitative estimate of drug-likeness (QED) is 0.709. The average molecular weight is 376 g/mol. The molecule has 0 aliphatic carbocycles. The Labute approximate surface area is 152 Å². The van der Waals surface area contributed by atoms with Crippen LogP contribution in [0.1, 0.15) is 11.4 Å². The molecular formula is C18H15F3N4O2. The van der Waals surface area contributed by atoms with Crippen LogP contribution in [0.4, 0.5) is 18.9 Å². The molecule has 0 unspecified atom stereocenters. The number of halogens is 3. The maximum absolute atomic E-state index is 12.3. The number of aryl methyl sites for hydroxylation is 1. The first-order chi connectivity index (χ1) is 12.8.